The minimum atomic E-state index is -3.41. The van der Waals surface area contributed by atoms with Gasteiger partial charge in [-0.2, -0.15) is 4.31 Å². The van der Waals surface area contributed by atoms with E-state index < -0.39 is 10.0 Å². The largest absolute Gasteiger partial charge is 0.338 e. The average molecular weight is 336 g/mol. The Kier molecular flexibility index (Phi) is 4.53. The summed E-state index contributed by atoms with van der Waals surface area (Å²) in [5, 5.41) is 0. The number of halogens is 1. The summed E-state index contributed by atoms with van der Waals surface area (Å²) in [7, 11) is -3.41. The van der Waals surface area contributed by atoms with Gasteiger partial charge in [-0.3, -0.25) is 0 Å². The van der Waals surface area contributed by atoms with Crippen LogP contribution < -0.4 is 4.90 Å². The molecular weight excluding hydrogens is 319 g/mol. The number of anilines is 1. The lowest BCUT2D eigenvalue weighted by molar-refractivity contribution is 0.382. The Morgan fingerprint density at radius 1 is 1.00 bits per heavy atom. The van der Waals surface area contributed by atoms with Gasteiger partial charge in [0, 0.05) is 38.6 Å². The van der Waals surface area contributed by atoms with E-state index in [0.29, 0.717) is 37.7 Å². The fraction of sp³-hybridized carbons (Fsp3) is 0.333. The van der Waals surface area contributed by atoms with Crippen molar-refractivity contribution in [2.24, 2.45) is 0 Å². The maximum absolute atomic E-state index is 12.9. The van der Waals surface area contributed by atoms with Crippen LogP contribution in [-0.4, -0.2) is 48.9 Å². The first kappa shape index (κ1) is 15.8. The molecule has 0 atom stereocenters. The number of aromatic nitrogens is 2. The summed E-state index contributed by atoms with van der Waals surface area (Å²) in [6.07, 6.45) is 3.33. The highest BCUT2D eigenvalue weighted by atomic mass is 32.2. The monoisotopic (exact) mass is 336 g/mol. The van der Waals surface area contributed by atoms with Gasteiger partial charge in [-0.25, -0.2) is 22.8 Å². The van der Waals surface area contributed by atoms with Crippen LogP contribution in [0.1, 0.15) is 5.56 Å². The minimum absolute atomic E-state index is 0.116. The first-order valence-corrected chi connectivity index (χ1v) is 8.90. The van der Waals surface area contributed by atoms with Crippen molar-refractivity contribution in [1.82, 2.24) is 14.3 Å². The Bertz CT molecular complexity index is 745. The summed E-state index contributed by atoms with van der Waals surface area (Å²) < 4.78 is 39.3. The van der Waals surface area contributed by atoms with Crippen LogP contribution in [0, 0.1) is 5.82 Å². The lowest BCUT2D eigenvalue weighted by atomic mass is 10.2. The first-order chi connectivity index (χ1) is 11.0. The number of nitrogens with zero attached hydrogens (tertiary/aromatic N) is 4. The number of hydrogen-bond donors (Lipinski definition) is 0. The summed E-state index contributed by atoms with van der Waals surface area (Å²) in [6.45, 7) is 1.88. The molecule has 0 radical (unpaired) electrons. The Labute approximate surface area is 134 Å². The zero-order valence-electron chi connectivity index (χ0n) is 12.5. The summed E-state index contributed by atoms with van der Waals surface area (Å²) >= 11 is 0. The highest BCUT2D eigenvalue weighted by Crippen LogP contribution is 2.16. The zero-order chi connectivity index (χ0) is 16.3. The van der Waals surface area contributed by atoms with Crippen LogP contribution in [0.5, 0.6) is 0 Å². The molecule has 0 amide bonds. The third kappa shape index (κ3) is 3.83. The van der Waals surface area contributed by atoms with E-state index in [1.807, 2.05) is 4.90 Å². The lowest BCUT2D eigenvalue weighted by Gasteiger charge is -2.33. The quantitative estimate of drug-likeness (QED) is 0.841. The molecule has 2 aromatic rings. The molecular formula is C15H17FN4O2S. The fourth-order valence-electron chi connectivity index (χ4n) is 2.50. The maximum atomic E-state index is 12.9. The highest BCUT2D eigenvalue weighted by Gasteiger charge is 2.27. The predicted octanol–water partition coefficient (Wildman–Crippen LogP) is 1.27. The smallest absolute Gasteiger partial charge is 0.225 e. The second kappa shape index (κ2) is 6.59. The van der Waals surface area contributed by atoms with Gasteiger partial charge in [0.25, 0.3) is 0 Å². The normalized spacial score (nSPS) is 16.5. The van der Waals surface area contributed by atoms with Crippen LogP contribution in [0.3, 0.4) is 0 Å². The summed E-state index contributed by atoms with van der Waals surface area (Å²) in [5.74, 6) is 0.125. The van der Waals surface area contributed by atoms with Gasteiger partial charge in [-0.05, 0) is 23.8 Å². The molecule has 0 saturated carbocycles. The number of rotatable bonds is 4. The van der Waals surface area contributed by atoms with Crippen molar-refractivity contribution in [3.63, 3.8) is 0 Å². The van der Waals surface area contributed by atoms with Gasteiger partial charge in [-0.1, -0.05) is 12.1 Å². The van der Waals surface area contributed by atoms with Gasteiger partial charge in [0.1, 0.15) is 5.82 Å². The van der Waals surface area contributed by atoms with Crippen molar-refractivity contribution in [2.45, 2.75) is 5.75 Å². The highest BCUT2D eigenvalue weighted by molar-refractivity contribution is 7.88. The standard InChI is InChI=1S/C15H17FN4O2S/c16-14-4-2-13(3-5-14)12-23(21,22)20-10-8-19(9-11-20)15-17-6-1-7-18-15/h1-7H,8-12H2. The van der Waals surface area contributed by atoms with E-state index >= 15 is 0 Å². The Morgan fingerprint density at radius 3 is 2.22 bits per heavy atom. The number of benzene rings is 1. The molecule has 122 valence electrons. The van der Waals surface area contributed by atoms with Crippen LogP contribution in [-0.2, 0) is 15.8 Å². The van der Waals surface area contributed by atoms with Crippen LogP contribution in [0.15, 0.2) is 42.7 Å². The SMILES string of the molecule is O=S(=O)(Cc1ccc(F)cc1)N1CCN(c2ncccn2)CC1. The van der Waals surface area contributed by atoms with Crippen LogP contribution in [0.25, 0.3) is 0 Å². The van der Waals surface area contributed by atoms with E-state index in [1.165, 1.54) is 28.6 Å². The lowest BCUT2D eigenvalue weighted by Crippen LogP contribution is -2.49. The third-order valence-electron chi connectivity index (χ3n) is 3.73. The molecule has 0 aliphatic carbocycles. The summed E-state index contributed by atoms with van der Waals surface area (Å²) in [5.41, 5.74) is 0.584. The second-order valence-electron chi connectivity index (χ2n) is 5.32. The molecule has 8 heteroatoms. The topological polar surface area (TPSA) is 66.4 Å². The number of piperazine rings is 1. The van der Waals surface area contributed by atoms with Crippen molar-refractivity contribution in [3.05, 3.63) is 54.1 Å². The van der Waals surface area contributed by atoms with E-state index in [1.54, 1.807) is 18.5 Å². The fourth-order valence-corrected chi connectivity index (χ4v) is 4.02. The molecule has 1 aliphatic heterocycles. The molecule has 1 fully saturated rings. The van der Waals surface area contributed by atoms with E-state index in [2.05, 4.69) is 9.97 Å². The van der Waals surface area contributed by atoms with Crippen molar-refractivity contribution in [1.29, 1.82) is 0 Å². The van der Waals surface area contributed by atoms with Crippen molar-refractivity contribution in [3.8, 4) is 0 Å². The van der Waals surface area contributed by atoms with E-state index in [4.69, 9.17) is 0 Å². The number of hydrogen-bond acceptors (Lipinski definition) is 5. The van der Waals surface area contributed by atoms with Gasteiger partial charge >= 0.3 is 0 Å². The summed E-state index contributed by atoms with van der Waals surface area (Å²) in [6, 6.07) is 7.29. The van der Waals surface area contributed by atoms with Crippen molar-refractivity contribution in [2.75, 3.05) is 31.1 Å². The molecule has 2 heterocycles. The van der Waals surface area contributed by atoms with E-state index in [-0.39, 0.29) is 11.6 Å². The molecule has 0 unspecified atom stereocenters. The Morgan fingerprint density at radius 2 is 1.61 bits per heavy atom. The average Bonchev–Trinajstić information content (AvgIpc) is 2.58. The Hall–Kier alpha value is -2.06. The predicted molar refractivity (Wildman–Crippen MR) is 84.8 cm³/mol. The van der Waals surface area contributed by atoms with Gasteiger partial charge in [-0.15, -0.1) is 0 Å². The molecule has 3 rings (SSSR count). The van der Waals surface area contributed by atoms with Gasteiger partial charge in [0.2, 0.25) is 16.0 Å². The molecule has 0 spiro atoms. The van der Waals surface area contributed by atoms with Crippen LogP contribution in [0.2, 0.25) is 0 Å². The van der Waals surface area contributed by atoms with Gasteiger partial charge in [0.05, 0.1) is 5.75 Å². The maximum Gasteiger partial charge on any atom is 0.225 e. The molecule has 0 bridgehead atoms. The van der Waals surface area contributed by atoms with Gasteiger partial charge in [0.15, 0.2) is 0 Å². The van der Waals surface area contributed by atoms with E-state index in [9.17, 15) is 12.8 Å². The van der Waals surface area contributed by atoms with Crippen molar-refractivity contribution < 1.29 is 12.8 Å². The zero-order valence-corrected chi connectivity index (χ0v) is 13.3. The molecule has 1 aliphatic rings. The molecule has 1 saturated heterocycles. The second-order valence-corrected chi connectivity index (χ2v) is 7.29. The first-order valence-electron chi connectivity index (χ1n) is 7.29. The van der Waals surface area contributed by atoms with Gasteiger partial charge < -0.3 is 4.90 Å². The van der Waals surface area contributed by atoms with Crippen LogP contribution >= 0.6 is 0 Å². The Balaban J connectivity index is 1.63. The van der Waals surface area contributed by atoms with Crippen molar-refractivity contribution >= 4 is 16.0 Å². The minimum Gasteiger partial charge on any atom is -0.338 e. The third-order valence-corrected chi connectivity index (χ3v) is 5.58. The molecule has 1 aromatic heterocycles. The van der Waals surface area contributed by atoms with E-state index in [0.717, 1.165) is 0 Å². The molecule has 1 aromatic carbocycles. The summed E-state index contributed by atoms with van der Waals surface area (Å²) in [4.78, 5) is 10.3. The molecule has 6 nitrogen and oxygen atoms in total. The molecule has 0 N–H and O–H groups in total. The number of sulfonamides is 1. The van der Waals surface area contributed by atoms with Crippen LogP contribution in [0.4, 0.5) is 10.3 Å². The molecule has 23 heavy (non-hydrogen) atoms.